The molecule has 0 saturated carbocycles. The van der Waals surface area contributed by atoms with Crippen molar-refractivity contribution < 1.29 is 9.59 Å². The van der Waals surface area contributed by atoms with Crippen LogP contribution < -0.4 is 5.32 Å². The molecular formula is C19H20N2O2. The van der Waals surface area contributed by atoms with Crippen molar-refractivity contribution in [1.29, 1.82) is 0 Å². The lowest BCUT2D eigenvalue weighted by Crippen LogP contribution is -2.58. The van der Waals surface area contributed by atoms with Crippen molar-refractivity contribution in [2.75, 3.05) is 6.54 Å². The maximum atomic E-state index is 12.3. The molecule has 1 fully saturated rings. The molecule has 0 aliphatic carbocycles. The van der Waals surface area contributed by atoms with Crippen molar-refractivity contribution in [1.82, 2.24) is 10.2 Å². The van der Waals surface area contributed by atoms with Crippen LogP contribution in [0, 0.1) is 0 Å². The standard InChI is InChI=1S/C19H20N2O2/c22-18-13-20-19(23)17(12-11-15-7-3-1-4-8-15)21(18)14-16-9-5-2-6-10-16/h1-10,17H,11-14H2,(H,20,23). The van der Waals surface area contributed by atoms with Gasteiger partial charge in [-0.25, -0.2) is 0 Å². The minimum Gasteiger partial charge on any atom is -0.345 e. The maximum Gasteiger partial charge on any atom is 0.243 e. The van der Waals surface area contributed by atoms with Crippen molar-refractivity contribution in [3.63, 3.8) is 0 Å². The average Bonchev–Trinajstić information content (AvgIpc) is 2.59. The number of nitrogens with one attached hydrogen (secondary N) is 1. The number of piperazine rings is 1. The molecule has 4 nitrogen and oxygen atoms in total. The van der Waals surface area contributed by atoms with Gasteiger partial charge >= 0.3 is 0 Å². The Bertz CT molecular complexity index is 670. The van der Waals surface area contributed by atoms with E-state index in [4.69, 9.17) is 0 Å². The first-order valence-electron chi connectivity index (χ1n) is 7.89. The molecule has 0 spiro atoms. The highest BCUT2D eigenvalue weighted by Gasteiger charge is 2.33. The van der Waals surface area contributed by atoms with Crippen LogP contribution in [0.1, 0.15) is 17.5 Å². The molecule has 1 N–H and O–H groups in total. The smallest absolute Gasteiger partial charge is 0.243 e. The van der Waals surface area contributed by atoms with E-state index in [2.05, 4.69) is 5.32 Å². The summed E-state index contributed by atoms with van der Waals surface area (Å²) in [5.74, 6) is -0.0806. The highest BCUT2D eigenvalue weighted by atomic mass is 16.2. The summed E-state index contributed by atoms with van der Waals surface area (Å²) in [6.45, 7) is 0.569. The van der Waals surface area contributed by atoms with E-state index in [0.717, 1.165) is 12.0 Å². The third-order valence-corrected chi connectivity index (χ3v) is 4.16. The number of aryl methyl sites for hydroxylation is 1. The first-order valence-corrected chi connectivity index (χ1v) is 7.89. The molecule has 0 bridgehead atoms. The van der Waals surface area contributed by atoms with Crippen LogP contribution in [0.4, 0.5) is 0 Å². The zero-order valence-electron chi connectivity index (χ0n) is 12.9. The van der Waals surface area contributed by atoms with Crippen molar-refractivity contribution in [2.24, 2.45) is 0 Å². The Morgan fingerprint density at radius 1 is 0.913 bits per heavy atom. The van der Waals surface area contributed by atoms with E-state index in [1.165, 1.54) is 5.56 Å². The fourth-order valence-electron chi connectivity index (χ4n) is 2.91. The van der Waals surface area contributed by atoms with E-state index in [9.17, 15) is 9.59 Å². The van der Waals surface area contributed by atoms with Crippen LogP contribution in [0.5, 0.6) is 0 Å². The predicted molar refractivity (Wildman–Crippen MR) is 88.6 cm³/mol. The lowest BCUT2D eigenvalue weighted by Gasteiger charge is -2.35. The van der Waals surface area contributed by atoms with Crippen LogP contribution >= 0.6 is 0 Å². The molecule has 0 aromatic heterocycles. The van der Waals surface area contributed by atoms with E-state index >= 15 is 0 Å². The minimum atomic E-state index is -0.406. The molecule has 1 aliphatic rings. The Morgan fingerprint density at radius 2 is 1.52 bits per heavy atom. The Morgan fingerprint density at radius 3 is 2.17 bits per heavy atom. The first kappa shape index (κ1) is 15.3. The normalized spacial score (nSPS) is 17.9. The SMILES string of the molecule is O=C1NCC(=O)N(Cc2ccccc2)C1CCc1ccccc1. The van der Waals surface area contributed by atoms with Crippen LogP contribution in [0.3, 0.4) is 0 Å². The van der Waals surface area contributed by atoms with Crippen molar-refractivity contribution in [2.45, 2.75) is 25.4 Å². The predicted octanol–water partition coefficient (Wildman–Crippen LogP) is 2.15. The van der Waals surface area contributed by atoms with E-state index in [0.29, 0.717) is 13.0 Å². The quantitative estimate of drug-likeness (QED) is 0.920. The summed E-state index contributed by atoms with van der Waals surface area (Å²) in [5, 5.41) is 2.70. The average molecular weight is 308 g/mol. The van der Waals surface area contributed by atoms with E-state index in [1.807, 2.05) is 60.7 Å². The van der Waals surface area contributed by atoms with Gasteiger partial charge in [0.1, 0.15) is 6.04 Å². The summed E-state index contributed by atoms with van der Waals surface area (Å²) in [6.07, 6.45) is 1.41. The highest BCUT2D eigenvalue weighted by molar-refractivity contribution is 5.94. The first-order chi connectivity index (χ1) is 11.2. The van der Waals surface area contributed by atoms with Gasteiger partial charge in [0.15, 0.2) is 0 Å². The second-order valence-corrected chi connectivity index (χ2v) is 5.77. The van der Waals surface area contributed by atoms with Gasteiger partial charge in [0, 0.05) is 6.54 Å². The Kier molecular flexibility index (Phi) is 4.71. The zero-order chi connectivity index (χ0) is 16.1. The fourth-order valence-corrected chi connectivity index (χ4v) is 2.91. The minimum absolute atomic E-state index is 0.0217. The molecule has 1 heterocycles. The van der Waals surface area contributed by atoms with Gasteiger partial charge in [-0.05, 0) is 24.0 Å². The molecule has 2 amide bonds. The Balaban J connectivity index is 1.73. The summed E-state index contributed by atoms with van der Waals surface area (Å²) in [7, 11) is 0. The summed E-state index contributed by atoms with van der Waals surface area (Å²) >= 11 is 0. The molecule has 2 aromatic rings. The highest BCUT2D eigenvalue weighted by Crippen LogP contribution is 2.17. The lowest BCUT2D eigenvalue weighted by atomic mass is 10.0. The van der Waals surface area contributed by atoms with Gasteiger partial charge in [0.05, 0.1) is 6.54 Å². The molecule has 4 heteroatoms. The second kappa shape index (κ2) is 7.09. The number of hydrogen-bond acceptors (Lipinski definition) is 2. The molecule has 0 radical (unpaired) electrons. The van der Waals surface area contributed by atoms with Gasteiger partial charge in [-0.15, -0.1) is 0 Å². The van der Waals surface area contributed by atoms with Crippen molar-refractivity contribution in [3.8, 4) is 0 Å². The molecule has 1 aliphatic heterocycles. The van der Waals surface area contributed by atoms with Crippen LogP contribution in [0.15, 0.2) is 60.7 Å². The number of rotatable bonds is 5. The number of benzene rings is 2. The maximum absolute atomic E-state index is 12.3. The third kappa shape index (κ3) is 3.77. The number of carbonyl (C=O) groups is 2. The second-order valence-electron chi connectivity index (χ2n) is 5.77. The van der Waals surface area contributed by atoms with Gasteiger partial charge in [0.25, 0.3) is 0 Å². The Labute approximate surface area is 136 Å². The lowest BCUT2D eigenvalue weighted by molar-refractivity contribution is -0.146. The number of nitrogens with zero attached hydrogens (tertiary/aromatic N) is 1. The molecular weight excluding hydrogens is 288 g/mol. The number of hydrogen-bond donors (Lipinski definition) is 1. The number of amides is 2. The number of carbonyl (C=O) groups excluding carboxylic acids is 2. The Hall–Kier alpha value is -2.62. The molecule has 1 unspecified atom stereocenters. The van der Waals surface area contributed by atoms with E-state index < -0.39 is 6.04 Å². The molecule has 1 saturated heterocycles. The molecule has 118 valence electrons. The van der Waals surface area contributed by atoms with E-state index in [-0.39, 0.29) is 18.4 Å². The van der Waals surface area contributed by atoms with Gasteiger partial charge in [-0.1, -0.05) is 60.7 Å². The van der Waals surface area contributed by atoms with E-state index in [1.54, 1.807) is 4.90 Å². The van der Waals surface area contributed by atoms with Gasteiger partial charge in [0.2, 0.25) is 11.8 Å². The summed E-state index contributed by atoms with van der Waals surface area (Å²) in [6, 6.07) is 19.4. The summed E-state index contributed by atoms with van der Waals surface area (Å²) in [4.78, 5) is 26.2. The van der Waals surface area contributed by atoms with Crippen LogP contribution in [0.2, 0.25) is 0 Å². The largest absolute Gasteiger partial charge is 0.345 e. The topological polar surface area (TPSA) is 49.4 Å². The van der Waals surface area contributed by atoms with Crippen molar-refractivity contribution in [3.05, 3.63) is 71.8 Å². The molecule has 3 rings (SSSR count). The summed E-state index contributed by atoms with van der Waals surface area (Å²) in [5.41, 5.74) is 2.22. The van der Waals surface area contributed by atoms with Crippen LogP contribution in [-0.4, -0.2) is 29.3 Å². The molecule has 23 heavy (non-hydrogen) atoms. The third-order valence-electron chi connectivity index (χ3n) is 4.16. The molecule has 2 aromatic carbocycles. The van der Waals surface area contributed by atoms with Gasteiger partial charge in [-0.2, -0.15) is 0 Å². The van der Waals surface area contributed by atoms with Crippen molar-refractivity contribution >= 4 is 11.8 Å². The van der Waals surface area contributed by atoms with Crippen LogP contribution in [-0.2, 0) is 22.6 Å². The fraction of sp³-hybridized carbons (Fsp3) is 0.263. The summed E-state index contributed by atoms with van der Waals surface area (Å²) < 4.78 is 0. The molecule has 1 atom stereocenters. The monoisotopic (exact) mass is 308 g/mol. The van der Waals surface area contributed by atoms with Gasteiger partial charge < -0.3 is 10.2 Å². The zero-order valence-corrected chi connectivity index (χ0v) is 12.9. The van der Waals surface area contributed by atoms with Crippen LogP contribution in [0.25, 0.3) is 0 Å². The van der Waals surface area contributed by atoms with Gasteiger partial charge in [-0.3, -0.25) is 9.59 Å².